The monoisotopic (exact) mass is 219 g/mol. The number of carbonyl (C=O) groups excluding carboxylic acids is 1. The smallest absolute Gasteiger partial charge is 0.448 e. The van der Waals surface area contributed by atoms with E-state index in [1.807, 2.05) is 0 Å². The normalized spacial score (nSPS) is 26.2. The van der Waals surface area contributed by atoms with Crippen LogP contribution in [0.2, 0.25) is 0 Å². The molecule has 14 heavy (non-hydrogen) atoms. The Bertz CT molecular complexity index is 239. The Morgan fingerprint density at radius 3 is 2.36 bits per heavy atom. The average molecular weight is 219 g/mol. The van der Waals surface area contributed by atoms with Gasteiger partial charge in [0.15, 0.2) is 6.10 Å². The van der Waals surface area contributed by atoms with Crippen molar-refractivity contribution in [2.45, 2.75) is 18.2 Å². The van der Waals surface area contributed by atoms with Gasteiger partial charge in [0, 0.05) is 6.54 Å². The molecular formula is C6H6F5NO2. The molecule has 1 rings (SSSR count). The van der Waals surface area contributed by atoms with Gasteiger partial charge >= 0.3 is 12.1 Å². The van der Waals surface area contributed by atoms with Crippen molar-refractivity contribution in [3.8, 4) is 0 Å². The molecule has 1 N–H and O–H groups in total. The summed E-state index contributed by atoms with van der Waals surface area (Å²) in [5.41, 5.74) is 0. The lowest BCUT2D eigenvalue weighted by molar-refractivity contribution is -0.214. The maximum atomic E-state index is 12.7. The Balaban J connectivity index is 2.57. The average Bonchev–Trinajstić information content (AvgIpc) is 2.29. The first-order valence-electron chi connectivity index (χ1n) is 3.60. The van der Waals surface area contributed by atoms with E-state index in [1.165, 1.54) is 0 Å². The zero-order valence-electron chi connectivity index (χ0n) is 6.70. The van der Waals surface area contributed by atoms with E-state index in [2.05, 4.69) is 10.1 Å². The van der Waals surface area contributed by atoms with Gasteiger partial charge in [-0.1, -0.05) is 0 Å². The van der Waals surface area contributed by atoms with Gasteiger partial charge in [-0.2, -0.15) is 13.2 Å². The Hall–Kier alpha value is -0.920. The molecule has 0 amide bonds. The molecule has 1 unspecified atom stereocenters. The Labute approximate surface area is 75.2 Å². The highest BCUT2D eigenvalue weighted by Gasteiger charge is 2.51. The highest BCUT2D eigenvalue weighted by atomic mass is 19.4. The number of ether oxygens (including phenoxy) is 1. The van der Waals surface area contributed by atoms with Crippen molar-refractivity contribution in [3.05, 3.63) is 0 Å². The maximum Gasteiger partial charge on any atom is 0.490 e. The van der Waals surface area contributed by atoms with E-state index < -0.39 is 37.3 Å². The first kappa shape index (κ1) is 11.2. The third kappa shape index (κ3) is 2.31. The topological polar surface area (TPSA) is 38.3 Å². The van der Waals surface area contributed by atoms with Crippen LogP contribution in [0, 0.1) is 0 Å². The van der Waals surface area contributed by atoms with E-state index in [1.54, 1.807) is 0 Å². The van der Waals surface area contributed by atoms with Crippen molar-refractivity contribution in [2.75, 3.05) is 13.1 Å². The molecule has 0 aliphatic carbocycles. The molecule has 1 aliphatic rings. The fraction of sp³-hybridized carbons (Fsp3) is 0.833. The Morgan fingerprint density at radius 1 is 1.43 bits per heavy atom. The summed E-state index contributed by atoms with van der Waals surface area (Å²) in [5, 5.41) is 2.12. The first-order valence-corrected chi connectivity index (χ1v) is 3.60. The summed E-state index contributed by atoms with van der Waals surface area (Å²) in [7, 11) is 0. The molecule has 1 saturated heterocycles. The van der Waals surface area contributed by atoms with Crippen LogP contribution in [-0.2, 0) is 9.53 Å². The summed E-state index contributed by atoms with van der Waals surface area (Å²) >= 11 is 0. The maximum absolute atomic E-state index is 12.7. The summed E-state index contributed by atoms with van der Waals surface area (Å²) in [4.78, 5) is 10.2. The van der Waals surface area contributed by atoms with Crippen molar-refractivity contribution in [1.82, 2.24) is 5.32 Å². The Kier molecular flexibility index (Phi) is 2.66. The molecule has 0 radical (unpaired) electrons. The lowest BCUT2D eigenvalue weighted by atomic mass is 10.2. The van der Waals surface area contributed by atoms with Crippen LogP contribution in [0.1, 0.15) is 0 Å². The van der Waals surface area contributed by atoms with Crippen LogP contribution in [0.4, 0.5) is 22.0 Å². The van der Waals surface area contributed by atoms with E-state index in [0.717, 1.165) is 0 Å². The number of nitrogens with one attached hydrogen (secondary N) is 1. The van der Waals surface area contributed by atoms with Crippen LogP contribution in [0.5, 0.6) is 0 Å². The predicted molar refractivity (Wildman–Crippen MR) is 33.8 cm³/mol. The van der Waals surface area contributed by atoms with Crippen LogP contribution >= 0.6 is 0 Å². The molecule has 0 aromatic rings. The summed E-state index contributed by atoms with van der Waals surface area (Å²) in [6.45, 7) is -1.27. The summed E-state index contributed by atoms with van der Waals surface area (Å²) < 4.78 is 63.8. The van der Waals surface area contributed by atoms with Gasteiger partial charge in [-0.05, 0) is 0 Å². The van der Waals surface area contributed by atoms with E-state index in [9.17, 15) is 26.7 Å². The minimum atomic E-state index is -5.24. The lowest BCUT2D eigenvalue weighted by Gasteiger charge is -2.18. The standard InChI is InChI=1S/C6H6F5NO2/c7-5(8)2-12-1-3(5)14-4(13)6(9,10)11/h3,12H,1-2H2. The highest BCUT2D eigenvalue weighted by Crippen LogP contribution is 2.27. The van der Waals surface area contributed by atoms with Gasteiger partial charge < -0.3 is 10.1 Å². The highest BCUT2D eigenvalue weighted by molar-refractivity contribution is 5.75. The van der Waals surface area contributed by atoms with E-state index in [4.69, 9.17) is 0 Å². The van der Waals surface area contributed by atoms with Crippen LogP contribution in [-0.4, -0.2) is 37.3 Å². The molecule has 0 spiro atoms. The number of carbonyl (C=O) groups is 1. The van der Waals surface area contributed by atoms with Gasteiger partial charge in [0.2, 0.25) is 0 Å². The molecular weight excluding hydrogens is 213 g/mol. The zero-order chi connectivity index (χ0) is 11.0. The summed E-state index contributed by atoms with van der Waals surface area (Å²) in [5.74, 6) is -6.04. The molecule has 0 aromatic heterocycles. The van der Waals surface area contributed by atoms with E-state index in [0.29, 0.717) is 0 Å². The van der Waals surface area contributed by atoms with Crippen LogP contribution in [0.3, 0.4) is 0 Å². The SMILES string of the molecule is O=C(OC1CNCC1(F)F)C(F)(F)F. The number of hydrogen-bond donors (Lipinski definition) is 1. The number of halogens is 5. The predicted octanol–water partition coefficient (Wildman–Crippen LogP) is 0.699. The molecule has 3 nitrogen and oxygen atoms in total. The molecule has 1 aliphatic heterocycles. The first-order chi connectivity index (χ1) is 6.23. The number of esters is 1. The fourth-order valence-corrected chi connectivity index (χ4v) is 0.957. The van der Waals surface area contributed by atoms with Crippen molar-refractivity contribution < 1.29 is 31.5 Å². The molecule has 8 heteroatoms. The fourth-order valence-electron chi connectivity index (χ4n) is 0.957. The van der Waals surface area contributed by atoms with Gasteiger partial charge in [0.1, 0.15) is 0 Å². The second-order valence-electron chi connectivity index (χ2n) is 2.78. The van der Waals surface area contributed by atoms with Crippen molar-refractivity contribution in [2.24, 2.45) is 0 Å². The van der Waals surface area contributed by atoms with Crippen LogP contribution in [0.25, 0.3) is 0 Å². The Morgan fingerprint density at radius 2 is 2.00 bits per heavy atom. The minimum Gasteiger partial charge on any atom is -0.448 e. The molecule has 82 valence electrons. The largest absolute Gasteiger partial charge is 0.490 e. The molecule has 1 atom stereocenters. The number of alkyl halides is 5. The number of hydrogen-bond acceptors (Lipinski definition) is 3. The van der Waals surface area contributed by atoms with Crippen molar-refractivity contribution >= 4 is 5.97 Å². The molecule has 0 bridgehead atoms. The zero-order valence-corrected chi connectivity index (χ0v) is 6.70. The quantitative estimate of drug-likeness (QED) is 0.521. The summed E-state index contributed by atoms with van der Waals surface area (Å²) in [6, 6.07) is 0. The lowest BCUT2D eigenvalue weighted by Crippen LogP contribution is -2.39. The second-order valence-corrected chi connectivity index (χ2v) is 2.78. The van der Waals surface area contributed by atoms with Gasteiger partial charge in [0.25, 0.3) is 5.92 Å². The number of rotatable bonds is 1. The molecule has 0 saturated carbocycles. The molecule has 0 aromatic carbocycles. The van der Waals surface area contributed by atoms with E-state index >= 15 is 0 Å². The third-order valence-corrected chi connectivity index (χ3v) is 1.64. The molecule has 1 heterocycles. The van der Waals surface area contributed by atoms with Gasteiger partial charge in [-0.25, -0.2) is 13.6 Å². The van der Waals surface area contributed by atoms with Gasteiger partial charge in [-0.15, -0.1) is 0 Å². The summed E-state index contributed by atoms with van der Waals surface area (Å²) in [6.07, 6.45) is -7.28. The van der Waals surface area contributed by atoms with Crippen LogP contribution < -0.4 is 5.32 Å². The van der Waals surface area contributed by atoms with Gasteiger partial charge in [0.05, 0.1) is 6.54 Å². The van der Waals surface area contributed by atoms with Crippen molar-refractivity contribution in [3.63, 3.8) is 0 Å². The third-order valence-electron chi connectivity index (χ3n) is 1.64. The van der Waals surface area contributed by atoms with E-state index in [-0.39, 0.29) is 0 Å². The van der Waals surface area contributed by atoms with Crippen LogP contribution in [0.15, 0.2) is 0 Å². The molecule has 1 fully saturated rings. The van der Waals surface area contributed by atoms with Gasteiger partial charge in [-0.3, -0.25) is 0 Å². The van der Waals surface area contributed by atoms with Crippen molar-refractivity contribution in [1.29, 1.82) is 0 Å². The second kappa shape index (κ2) is 3.34. The minimum absolute atomic E-state index is 0.477.